The lowest BCUT2D eigenvalue weighted by Gasteiger charge is -2.39. The SMILES string of the molecule is CCNC(=NCc1cc(F)ccc1Br)N1CCS(=O)(=O)C(C)(C)C1.I. The van der Waals surface area contributed by atoms with Crippen LogP contribution in [0, 0.1) is 5.82 Å². The highest BCUT2D eigenvalue weighted by atomic mass is 127. The molecule has 1 N–H and O–H groups in total. The lowest BCUT2D eigenvalue weighted by atomic mass is 10.2. The fraction of sp³-hybridized carbons (Fsp3) is 0.562. The molecule has 1 aromatic rings. The third kappa shape index (κ3) is 5.53. The average Bonchev–Trinajstić information content (AvgIpc) is 2.49. The van der Waals surface area contributed by atoms with E-state index in [1.165, 1.54) is 12.1 Å². The molecule has 1 heterocycles. The van der Waals surface area contributed by atoms with Gasteiger partial charge in [-0.3, -0.25) is 0 Å². The topological polar surface area (TPSA) is 61.8 Å². The Morgan fingerprint density at radius 1 is 1.44 bits per heavy atom. The summed E-state index contributed by atoms with van der Waals surface area (Å²) in [6.07, 6.45) is 0. The van der Waals surface area contributed by atoms with Crippen molar-refractivity contribution >= 4 is 55.7 Å². The minimum atomic E-state index is -3.10. The number of hydrogen-bond acceptors (Lipinski definition) is 3. The van der Waals surface area contributed by atoms with Gasteiger partial charge in [-0.2, -0.15) is 0 Å². The molecule has 2 rings (SSSR count). The highest BCUT2D eigenvalue weighted by molar-refractivity contribution is 14.0. The molecule has 0 aromatic heterocycles. The lowest BCUT2D eigenvalue weighted by Crippen LogP contribution is -2.57. The van der Waals surface area contributed by atoms with Crippen molar-refractivity contribution in [2.24, 2.45) is 4.99 Å². The largest absolute Gasteiger partial charge is 0.357 e. The van der Waals surface area contributed by atoms with Crippen LogP contribution in [0.4, 0.5) is 4.39 Å². The smallest absolute Gasteiger partial charge is 0.194 e. The van der Waals surface area contributed by atoms with Gasteiger partial charge in [-0.15, -0.1) is 24.0 Å². The van der Waals surface area contributed by atoms with Crippen LogP contribution in [0.2, 0.25) is 0 Å². The fourth-order valence-corrected chi connectivity index (χ4v) is 4.31. The first-order valence-corrected chi connectivity index (χ1v) is 10.3. The molecule has 142 valence electrons. The summed E-state index contributed by atoms with van der Waals surface area (Å²) >= 11 is 3.40. The van der Waals surface area contributed by atoms with E-state index in [1.54, 1.807) is 19.9 Å². The number of guanidine groups is 1. The summed E-state index contributed by atoms with van der Waals surface area (Å²) in [7, 11) is -3.10. The maximum atomic E-state index is 13.4. The zero-order chi connectivity index (χ0) is 18.0. The molecule has 0 spiro atoms. The molecule has 1 fully saturated rings. The van der Waals surface area contributed by atoms with Crippen LogP contribution in [0.15, 0.2) is 27.7 Å². The zero-order valence-corrected chi connectivity index (χ0v) is 19.3. The van der Waals surface area contributed by atoms with Crippen molar-refractivity contribution in [2.75, 3.05) is 25.4 Å². The Balaban J connectivity index is 0.00000312. The minimum Gasteiger partial charge on any atom is -0.357 e. The van der Waals surface area contributed by atoms with Crippen molar-refractivity contribution in [1.82, 2.24) is 10.2 Å². The van der Waals surface area contributed by atoms with Crippen LogP contribution >= 0.6 is 39.9 Å². The van der Waals surface area contributed by atoms with Crippen LogP contribution in [0.5, 0.6) is 0 Å². The maximum absolute atomic E-state index is 13.4. The monoisotopic (exact) mass is 547 g/mol. The average molecular weight is 548 g/mol. The Labute approximate surface area is 174 Å². The molecular formula is C16H24BrFIN3O2S. The summed E-state index contributed by atoms with van der Waals surface area (Å²) in [6, 6.07) is 4.49. The first-order chi connectivity index (χ1) is 11.2. The van der Waals surface area contributed by atoms with Gasteiger partial charge in [0.15, 0.2) is 15.8 Å². The summed E-state index contributed by atoms with van der Waals surface area (Å²) < 4.78 is 37.7. The van der Waals surface area contributed by atoms with E-state index in [0.717, 1.165) is 10.0 Å². The predicted molar refractivity (Wildman–Crippen MR) is 114 cm³/mol. The van der Waals surface area contributed by atoms with Gasteiger partial charge in [0.05, 0.1) is 17.0 Å². The van der Waals surface area contributed by atoms with Crippen molar-refractivity contribution < 1.29 is 12.8 Å². The van der Waals surface area contributed by atoms with Crippen molar-refractivity contribution in [3.8, 4) is 0 Å². The molecule has 1 aromatic carbocycles. The molecule has 0 unspecified atom stereocenters. The van der Waals surface area contributed by atoms with Crippen LogP contribution < -0.4 is 5.32 Å². The number of halogens is 3. The molecule has 5 nitrogen and oxygen atoms in total. The number of rotatable bonds is 3. The number of aliphatic imine (C=N–C) groups is 1. The molecule has 1 aliphatic rings. The molecular weight excluding hydrogens is 524 g/mol. The van der Waals surface area contributed by atoms with Gasteiger partial charge in [-0.25, -0.2) is 17.8 Å². The molecule has 0 atom stereocenters. The van der Waals surface area contributed by atoms with Gasteiger partial charge < -0.3 is 10.2 Å². The van der Waals surface area contributed by atoms with E-state index in [4.69, 9.17) is 0 Å². The summed E-state index contributed by atoms with van der Waals surface area (Å²) in [6.45, 7) is 7.20. The van der Waals surface area contributed by atoms with Gasteiger partial charge in [-0.1, -0.05) is 15.9 Å². The number of benzene rings is 1. The standard InChI is InChI=1S/C16H23BrFN3O2S.HI/c1-4-19-15(20-10-12-9-13(18)5-6-14(12)17)21-7-8-24(22,23)16(2,3)11-21;/h5-6,9H,4,7-8,10-11H2,1-3H3,(H,19,20);1H. The predicted octanol–water partition coefficient (Wildman–Crippen LogP) is 3.18. The normalized spacial score (nSPS) is 19.2. The van der Waals surface area contributed by atoms with Gasteiger partial charge in [0.2, 0.25) is 0 Å². The minimum absolute atomic E-state index is 0. The number of sulfone groups is 1. The lowest BCUT2D eigenvalue weighted by molar-refractivity contribution is 0.353. The van der Waals surface area contributed by atoms with E-state index in [0.29, 0.717) is 32.1 Å². The van der Waals surface area contributed by atoms with Crippen molar-refractivity contribution in [2.45, 2.75) is 32.1 Å². The molecule has 1 saturated heterocycles. The Hall–Kier alpha value is -0.420. The molecule has 0 saturated carbocycles. The highest BCUT2D eigenvalue weighted by Crippen LogP contribution is 2.24. The quantitative estimate of drug-likeness (QED) is 0.359. The molecule has 9 heteroatoms. The van der Waals surface area contributed by atoms with E-state index in [2.05, 4.69) is 26.2 Å². The van der Waals surface area contributed by atoms with Gasteiger partial charge >= 0.3 is 0 Å². The Morgan fingerprint density at radius 3 is 2.72 bits per heavy atom. The molecule has 0 aliphatic carbocycles. The Kier molecular flexibility index (Phi) is 8.13. The van der Waals surface area contributed by atoms with Crippen molar-refractivity contribution in [3.05, 3.63) is 34.1 Å². The highest BCUT2D eigenvalue weighted by Gasteiger charge is 2.40. The van der Waals surface area contributed by atoms with Crippen LogP contribution in [0.3, 0.4) is 0 Å². The zero-order valence-electron chi connectivity index (χ0n) is 14.6. The third-order valence-corrected chi connectivity index (χ3v) is 7.39. The van der Waals surface area contributed by atoms with Gasteiger partial charge in [0, 0.05) is 24.1 Å². The van der Waals surface area contributed by atoms with Gasteiger partial charge in [0.25, 0.3) is 0 Å². The van der Waals surface area contributed by atoms with E-state index >= 15 is 0 Å². The van der Waals surface area contributed by atoms with Crippen LogP contribution in [0.25, 0.3) is 0 Å². The van der Waals surface area contributed by atoms with Crippen molar-refractivity contribution in [1.29, 1.82) is 0 Å². The van der Waals surface area contributed by atoms with Gasteiger partial charge in [-0.05, 0) is 44.5 Å². The van der Waals surface area contributed by atoms with E-state index in [9.17, 15) is 12.8 Å². The van der Waals surface area contributed by atoms with E-state index in [1.807, 2.05) is 11.8 Å². The molecule has 0 bridgehead atoms. The Morgan fingerprint density at radius 2 is 2.12 bits per heavy atom. The number of hydrogen-bond donors (Lipinski definition) is 1. The first kappa shape index (κ1) is 22.6. The van der Waals surface area contributed by atoms with Crippen molar-refractivity contribution in [3.63, 3.8) is 0 Å². The fourth-order valence-electron chi connectivity index (χ4n) is 2.57. The molecule has 25 heavy (non-hydrogen) atoms. The molecule has 0 amide bonds. The molecule has 1 aliphatic heterocycles. The second kappa shape index (κ2) is 8.98. The van der Waals surface area contributed by atoms with Gasteiger partial charge in [0.1, 0.15) is 5.82 Å². The number of nitrogens with one attached hydrogen (secondary N) is 1. The van der Waals surface area contributed by atoms with Crippen LogP contribution in [-0.4, -0.2) is 49.4 Å². The maximum Gasteiger partial charge on any atom is 0.194 e. The van der Waals surface area contributed by atoms with E-state index in [-0.39, 0.29) is 35.5 Å². The second-order valence-corrected chi connectivity index (χ2v) is 10.0. The van der Waals surface area contributed by atoms with Crippen LogP contribution in [0.1, 0.15) is 26.3 Å². The Bertz CT molecular complexity index is 741. The first-order valence-electron chi connectivity index (χ1n) is 7.86. The number of nitrogens with zero attached hydrogens (tertiary/aromatic N) is 2. The summed E-state index contributed by atoms with van der Waals surface area (Å²) in [5.41, 5.74) is 0.745. The summed E-state index contributed by atoms with van der Waals surface area (Å²) in [4.78, 5) is 6.52. The summed E-state index contributed by atoms with van der Waals surface area (Å²) in [5, 5.41) is 3.19. The third-order valence-electron chi connectivity index (χ3n) is 4.08. The molecule has 0 radical (unpaired) electrons. The summed E-state index contributed by atoms with van der Waals surface area (Å²) in [5.74, 6) is 0.448. The van der Waals surface area contributed by atoms with Crippen LogP contribution in [-0.2, 0) is 16.4 Å². The van der Waals surface area contributed by atoms with E-state index < -0.39 is 14.6 Å². The second-order valence-electron chi connectivity index (χ2n) is 6.41.